The molecule has 0 aliphatic carbocycles. The smallest absolute Gasteiger partial charge is 0.166 e. The summed E-state index contributed by atoms with van der Waals surface area (Å²) in [5, 5.41) is 7.60. The molecule has 0 radical (unpaired) electrons. The molecule has 0 spiro atoms. The van der Waals surface area contributed by atoms with Crippen LogP contribution in [0.4, 0.5) is 8.78 Å². The Morgan fingerprint density at radius 3 is 2.13 bits per heavy atom. The van der Waals surface area contributed by atoms with Crippen LogP contribution in [0.3, 0.4) is 0 Å². The lowest BCUT2D eigenvalue weighted by atomic mass is 9.84. The highest BCUT2D eigenvalue weighted by molar-refractivity contribution is 7.92. The van der Waals surface area contributed by atoms with Crippen molar-refractivity contribution in [1.29, 1.82) is 5.26 Å². The van der Waals surface area contributed by atoms with Crippen molar-refractivity contribution in [1.82, 2.24) is 0 Å². The molecule has 2 saturated heterocycles. The fraction of sp³-hybridized carbons (Fsp3) is 0.500. The molecule has 3 rings (SSSR count). The van der Waals surface area contributed by atoms with Gasteiger partial charge in [-0.2, -0.15) is 5.26 Å². The minimum atomic E-state index is -3.18. The number of carbonyl (C=O) groups excluding carboxylic acids is 1. The second-order valence-electron chi connectivity index (χ2n) is 6.22. The fourth-order valence-corrected chi connectivity index (χ4v) is 6.22. The normalized spacial score (nSPS) is 28.8. The van der Waals surface area contributed by atoms with E-state index < -0.39 is 49.2 Å². The Kier molecular flexibility index (Phi) is 3.96. The monoisotopic (exact) mass is 339 g/mol. The Bertz CT molecular complexity index is 770. The predicted molar refractivity (Wildman–Crippen MR) is 78.5 cm³/mol. The van der Waals surface area contributed by atoms with Gasteiger partial charge >= 0.3 is 0 Å². The molecule has 7 heteroatoms. The fourth-order valence-electron chi connectivity index (χ4n) is 3.68. The number of benzene rings is 1. The summed E-state index contributed by atoms with van der Waals surface area (Å²) in [6.07, 6.45) is 2.33. The molecule has 0 saturated carbocycles. The van der Waals surface area contributed by atoms with Gasteiger partial charge in [0.25, 0.3) is 0 Å². The number of ketones is 1. The van der Waals surface area contributed by atoms with Gasteiger partial charge in [0.15, 0.2) is 15.6 Å². The van der Waals surface area contributed by atoms with Crippen molar-refractivity contribution in [3.8, 4) is 6.07 Å². The van der Waals surface area contributed by atoms with Gasteiger partial charge in [-0.1, -0.05) is 6.42 Å². The molecular formula is C16H15F2NO3S. The summed E-state index contributed by atoms with van der Waals surface area (Å²) in [6.45, 7) is 0. The van der Waals surface area contributed by atoms with Gasteiger partial charge < -0.3 is 0 Å². The van der Waals surface area contributed by atoms with Crippen molar-refractivity contribution in [2.45, 2.75) is 42.6 Å². The van der Waals surface area contributed by atoms with Crippen LogP contribution in [0.15, 0.2) is 12.1 Å². The van der Waals surface area contributed by atoms with E-state index >= 15 is 0 Å². The summed E-state index contributed by atoms with van der Waals surface area (Å²) in [7, 11) is -3.18. The standard InChI is InChI=1S/C16H15F2NO3S/c17-14-6-10(7-15(18)13(14)8-19)16(20)9-4-11-2-1-3-12(5-9)23(11,21)22/h6-7,9,11-12H,1-5H2. The average molecular weight is 339 g/mol. The number of hydrogen-bond donors (Lipinski definition) is 0. The summed E-state index contributed by atoms with van der Waals surface area (Å²) >= 11 is 0. The zero-order valence-electron chi connectivity index (χ0n) is 12.3. The van der Waals surface area contributed by atoms with Crippen LogP contribution in [0.2, 0.25) is 0 Å². The first-order valence-electron chi connectivity index (χ1n) is 7.50. The summed E-state index contributed by atoms with van der Waals surface area (Å²) < 4.78 is 51.8. The number of carbonyl (C=O) groups is 1. The molecule has 0 N–H and O–H groups in total. The Hall–Kier alpha value is -1.81. The summed E-state index contributed by atoms with van der Waals surface area (Å²) in [5.74, 6) is -3.13. The van der Waals surface area contributed by atoms with Crippen molar-refractivity contribution in [3.05, 3.63) is 34.9 Å². The Balaban J connectivity index is 1.89. The molecular weight excluding hydrogens is 324 g/mol. The number of fused-ring (bicyclic) bond motifs is 2. The van der Waals surface area contributed by atoms with Gasteiger partial charge in [-0.25, -0.2) is 17.2 Å². The lowest BCUT2D eigenvalue weighted by molar-refractivity contribution is 0.0893. The summed E-state index contributed by atoms with van der Waals surface area (Å²) in [6, 6.07) is 3.14. The number of halogens is 2. The lowest BCUT2D eigenvalue weighted by Crippen LogP contribution is -2.45. The lowest BCUT2D eigenvalue weighted by Gasteiger charge is -2.38. The predicted octanol–water partition coefficient (Wildman–Crippen LogP) is 2.77. The quantitative estimate of drug-likeness (QED) is 0.777. The second kappa shape index (κ2) is 5.68. The maximum absolute atomic E-state index is 13.7. The molecule has 122 valence electrons. The molecule has 2 heterocycles. The van der Waals surface area contributed by atoms with Crippen LogP contribution in [0.1, 0.15) is 48.0 Å². The molecule has 4 nitrogen and oxygen atoms in total. The molecule has 0 amide bonds. The zero-order chi connectivity index (χ0) is 16.8. The molecule has 2 atom stereocenters. The first-order valence-corrected chi connectivity index (χ1v) is 9.11. The first-order chi connectivity index (χ1) is 10.8. The maximum atomic E-state index is 13.7. The second-order valence-corrected chi connectivity index (χ2v) is 8.73. The molecule has 1 aromatic carbocycles. The van der Waals surface area contributed by atoms with Gasteiger partial charge in [-0.05, 0) is 37.8 Å². The highest BCUT2D eigenvalue weighted by Gasteiger charge is 2.46. The van der Waals surface area contributed by atoms with E-state index in [-0.39, 0.29) is 18.4 Å². The zero-order valence-corrected chi connectivity index (χ0v) is 13.1. The highest BCUT2D eigenvalue weighted by atomic mass is 32.2. The van der Waals surface area contributed by atoms with E-state index in [4.69, 9.17) is 5.26 Å². The van der Waals surface area contributed by atoms with Gasteiger partial charge in [0.1, 0.15) is 23.3 Å². The average Bonchev–Trinajstić information content (AvgIpc) is 2.45. The van der Waals surface area contributed by atoms with E-state index in [1.165, 1.54) is 6.07 Å². The topological polar surface area (TPSA) is 75.0 Å². The minimum absolute atomic E-state index is 0.138. The summed E-state index contributed by atoms with van der Waals surface area (Å²) in [5.41, 5.74) is -0.856. The van der Waals surface area contributed by atoms with Crippen molar-refractivity contribution < 1.29 is 22.0 Å². The largest absolute Gasteiger partial charge is 0.294 e. The third kappa shape index (κ3) is 2.65. The van der Waals surface area contributed by atoms with Gasteiger partial charge in [0.2, 0.25) is 0 Å². The molecule has 0 aromatic heterocycles. The maximum Gasteiger partial charge on any atom is 0.166 e. The van der Waals surface area contributed by atoms with Gasteiger partial charge in [-0.3, -0.25) is 4.79 Å². The number of rotatable bonds is 2. The van der Waals surface area contributed by atoms with Crippen molar-refractivity contribution in [2.75, 3.05) is 0 Å². The number of Topliss-reactive ketones (excluding diaryl/α,β-unsaturated/α-hetero) is 1. The van der Waals surface area contributed by atoms with Crippen LogP contribution in [0.25, 0.3) is 0 Å². The van der Waals surface area contributed by atoms with Gasteiger partial charge in [0.05, 0.1) is 10.5 Å². The molecule has 2 aliphatic heterocycles. The van der Waals surface area contributed by atoms with Gasteiger partial charge in [-0.15, -0.1) is 0 Å². The highest BCUT2D eigenvalue weighted by Crippen LogP contribution is 2.40. The Labute approximate surface area is 133 Å². The number of nitriles is 1. The SMILES string of the molecule is N#Cc1c(F)cc(C(=O)C2CC3CCCC(C2)S3(=O)=O)cc1F. The van der Waals surface area contributed by atoms with E-state index in [1.54, 1.807) is 0 Å². The molecule has 1 aromatic rings. The molecule has 2 unspecified atom stereocenters. The van der Waals surface area contributed by atoms with E-state index in [0.717, 1.165) is 18.6 Å². The van der Waals surface area contributed by atoms with Crippen molar-refractivity contribution in [2.24, 2.45) is 5.92 Å². The number of sulfone groups is 1. The van der Waals surface area contributed by atoms with Crippen LogP contribution in [0.5, 0.6) is 0 Å². The Morgan fingerprint density at radius 1 is 1.13 bits per heavy atom. The van der Waals surface area contributed by atoms with Crippen LogP contribution < -0.4 is 0 Å². The third-order valence-electron chi connectivity index (χ3n) is 4.89. The van der Waals surface area contributed by atoms with E-state index in [0.29, 0.717) is 12.8 Å². The number of nitrogens with zero attached hydrogens (tertiary/aromatic N) is 1. The first kappa shape index (κ1) is 16.1. The minimum Gasteiger partial charge on any atom is -0.294 e. The van der Waals surface area contributed by atoms with Crippen molar-refractivity contribution >= 4 is 15.6 Å². The number of hydrogen-bond acceptors (Lipinski definition) is 4. The summed E-state index contributed by atoms with van der Waals surface area (Å²) in [4.78, 5) is 12.5. The Morgan fingerprint density at radius 2 is 1.65 bits per heavy atom. The molecule has 2 bridgehead atoms. The van der Waals surface area contributed by atoms with E-state index in [2.05, 4.69) is 0 Å². The van der Waals surface area contributed by atoms with E-state index in [9.17, 15) is 22.0 Å². The van der Waals surface area contributed by atoms with Crippen LogP contribution in [0, 0.1) is 28.9 Å². The van der Waals surface area contributed by atoms with Crippen LogP contribution in [-0.4, -0.2) is 24.7 Å². The van der Waals surface area contributed by atoms with Gasteiger partial charge in [0, 0.05) is 11.5 Å². The van der Waals surface area contributed by atoms with E-state index in [1.807, 2.05) is 0 Å². The molecule has 2 fully saturated rings. The van der Waals surface area contributed by atoms with Crippen molar-refractivity contribution in [3.63, 3.8) is 0 Å². The molecule has 2 aliphatic rings. The third-order valence-corrected chi connectivity index (χ3v) is 7.60. The molecule has 23 heavy (non-hydrogen) atoms. The van der Waals surface area contributed by atoms with Crippen LogP contribution in [-0.2, 0) is 9.84 Å². The van der Waals surface area contributed by atoms with Crippen LogP contribution >= 0.6 is 0 Å².